The number of hydrogen-bond donors (Lipinski definition) is 2. The Hall–Kier alpha value is -0.850. The number of aromatic amines is 1. The molecule has 6 heteroatoms. The Morgan fingerprint density at radius 1 is 1.50 bits per heavy atom. The van der Waals surface area contributed by atoms with Gasteiger partial charge in [0.1, 0.15) is 0 Å². The van der Waals surface area contributed by atoms with Crippen LogP contribution in [0.25, 0.3) is 0 Å². The summed E-state index contributed by atoms with van der Waals surface area (Å²) in [5.41, 5.74) is 1.18. The van der Waals surface area contributed by atoms with E-state index in [4.69, 9.17) is 0 Å². The Labute approximate surface area is 95.9 Å². The molecule has 0 atom stereocenters. The van der Waals surface area contributed by atoms with Crippen LogP contribution in [0.3, 0.4) is 0 Å². The lowest BCUT2D eigenvalue weighted by molar-refractivity contribution is 0.434. The molecule has 1 aromatic heterocycles. The number of sulfonamides is 1. The molecule has 5 nitrogen and oxygen atoms in total. The first-order valence-corrected chi connectivity index (χ1v) is 7.09. The number of rotatable bonds is 5. The maximum atomic E-state index is 11.5. The van der Waals surface area contributed by atoms with Crippen molar-refractivity contribution in [2.24, 2.45) is 0 Å². The van der Waals surface area contributed by atoms with E-state index >= 15 is 0 Å². The first kappa shape index (κ1) is 11.6. The van der Waals surface area contributed by atoms with Crippen molar-refractivity contribution >= 4 is 10.0 Å². The van der Waals surface area contributed by atoms with Crippen LogP contribution >= 0.6 is 0 Å². The Kier molecular flexibility index (Phi) is 3.63. The molecule has 1 aliphatic rings. The lowest BCUT2D eigenvalue weighted by atomic mass is 10.3. The van der Waals surface area contributed by atoms with Gasteiger partial charge in [0.05, 0.1) is 5.75 Å². The monoisotopic (exact) mass is 243 g/mol. The molecule has 0 aliphatic carbocycles. The van der Waals surface area contributed by atoms with Crippen LogP contribution < -0.4 is 5.32 Å². The predicted molar refractivity (Wildman–Crippen MR) is 62.5 cm³/mol. The maximum absolute atomic E-state index is 11.5. The van der Waals surface area contributed by atoms with Crippen LogP contribution in [0.15, 0.2) is 18.5 Å². The number of H-pyrrole nitrogens is 1. The van der Waals surface area contributed by atoms with Crippen molar-refractivity contribution in [1.82, 2.24) is 14.6 Å². The van der Waals surface area contributed by atoms with Gasteiger partial charge < -0.3 is 10.3 Å². The van der Waals surface area contributed by atoms with Crippen LogP contribution in [0, 0.1) is 0 Å². The summed E-state index contributed by atoms with van der Waals surface area (Å²) < 4.78 is 24.5. The molecule has 90 valence electrons. The van der Waals surface area contributed by atoms with Crippen molar-refractivity contribution < 1.29 is 8.42 Å². The zero-order valence-electron chi connectivity index (χ0n) is 9.15. The fourth-order valence-electron chi connectivity index (χ4n) is 1.85. The first-order valence-electron chi connectivity index (χ1n) is 5.49. The van der Waals surface area contributed by atoms with Crippen molar-refractivity contribution in [2.75, 3.05) is 25.4 Å². The molecule has 1 aromatic rings. The van der Waals surface area contributed by atoms with E-state index in [2.05, 4.69) is 10.3 Å². The molecule has 0 unspecified atom stereocenters. The Balaban J connectivity index is 1.69. The highest BCUT2D eigenvalue weighted by atomic mass is 32.2. The molecule has 1 fully saturated rings. The van der Waals surface area contributed by atoms with Crippen molar-refractivity contribution in [3.63, 3.8) is 0 Å². The zero-order valence-corrected chi connectivity index (χ0v) is 9.96. The number of nitrogens with zero attached hydrogens (tertiary/aromatic N) is 1. The van der Waals surface area contributed by atoms with Gasteiger partial charge in [-0.2, -0.15) is 0 Å². The van der Waals surface area contributed by atoms with Crippen LogP contribution in [0.2, 0.25) is 0 Å². The highest BCUT2D eigenvalue weighted by molar-refractivity contribution is 7.89. The second-order valence-corrected chi connectivity index (χ2v) is 6.05. The van der Waals surface area contributed by atoms with Crippen LogP contribution in [0.5, 0.6) is 0 Å². The quantitative estimate of drug-likeness (QED) is 0.723. The third kappa shape index (κ3) is 2.84. The van der Waals surface area contributed by atoms with Gasteiger partial charge in [0.2, 0.25) is 10.0 Å². The van der Waals surface area contributed by atoms with E-state index in [0.717, 1.165) is 13.0 Å². The van der Waals surface area contributed by atoms with Gasteiger partial charge in [0.25, 0.3) is 0 Å². The normalized spacial score (nSPS) is 20.2. The van der Waals surface area contributed by atoms with Crippen LogP contribution in [0.4, 0.5) is 0 Å². The molecule has 1 aliphatic heterocycles. The minimum absolute atomic E-state index is 0.310. The molecule has 0 amide bonds. The molecule has 1 saturated heterocycles. The standard InChI is InChI=1S/C10H17N3O2S/c14-16(15)7-1-5-13(16)6-4-12-9-10-2-3-11-8-10/h2-3,8,11-12H,1,4-7,9H2. The Bertz CT molecular complexity index is 413. The topological polar surface area (TPSA) is 65.2 Å². The fraction of sp³-hybridized carbons (Fsp3) is 0.600. The molecule has 0 radical (unpaired) electrons. The third-order valence-electron chi connectivity index (χ3n) is 2.73. The second kappa shape index (κ2) is 4.99. The largest absolute Gasteiger partial charge is 0.367 e. The summed E-state index contributed by atoms with van der Waals surface area (Å²) in [4.78, 5) is 2.98. The van der Waals surface area contributed by atoms with Crippen molar-refractivity contribution in [1.29, 1.82) is 0 Å². The van der Waals surface area contributed by atoms with Crippen LogP contribution in [-0.4, -0.2) is 43.1 Å². The van der Waals surface area contributed by atoms with Gasteiger partial charge in [-0.1, -0.05) is 0 Å². The summed E-state index contributed by atoms with van der Waals surface area (Å²) in [6, 6.07) is 2.00. The van der Waals surface area contributed by atoms with E-state index < -0.39 is 10.0 Å². The minimum atomic E-state index is -2.93. The smallest absolute Gasteiger partial charge is 0.214 e. The maximum Gasteiger partial charge on any atom is 0.214 e. The van der Waals surface area contributed by atoms with Crippen molar-refractivity contribution in [2.45, 2.75) is 13.0 Å². The molecule has 2 N–H and O–H groups in total. The van der Waals surface area contributed by atoms with Gasteiger partial charge in [-0.05, 0) is 18.1 Å². The molecule has 2 rings (SSSR count). The molecule has 0 bridgehead atoms. The van der Waals surface area contributed by atoms with Gasteiger partial charge in [0, 0.05) is 38.6 Å². The summed E-state index contributed by atoms with van der Waals surface area (Å²) in [5, 5.41) is 3.23. The minimum Gasteiger partial charge on any atom is -0.367 e. The second-order valence-electron chi connectivity index (χ2n) is 3.96. The van der Waals surface area contributed by atoms with Crippen molar-refractivity contribution in [3.8, 4) is 0 Å². The average molecular weight is 243 g/mol. The first-order chi connectivity index (χ1) is 7.68. The molecule has 2 heterocycles. The zero-order chi connectivity index (χ0) is 11.4. The molecular weight excluding hydrogens is 226 g/mol. The number of hydrogen-bond acceptors (Lipinski definition) is 3. The highest BCUT2D eigenvalue weighted by Crippen LogP contribution is 2.11. The Morgan fingerprint density at radius 3 is 3.00 bits per heavy atom. The van der Waals surface area contributed by atoms with E-state index in [1.165, 1.54) is 5.56 Å². The summed E-state index contributed by atoms with van der Waals surface area (Å²) in [5.74, 6) is 0.310. The summed E-state index contributed by atoms with van der Waals surface area (Å²) in [7, 11) is -2.93. The number of nitrogens with one attached hydrogen (secondary N) is 2. The lowest BCUT2D eigenvalue weighted by Gasteiger charge is -2.14. The SMILES string of the molecule is O=S1(=O)CCCN1CCNCc1cc[nH]c1. The van der Waals surface area contributed by atoms with E-state index in [1.807, 2.05) is 18.5 Å². The molecule has 16 heavy (non-hydrogen) atoms. The Morgan fingerprint density at radius 2 is 2.38 bits per heavy atom. The molecule has 0 saturated carbocycles. The van der Waals surface area contributed by atoms with E-state index in [0.29, 0.717) is 25.4 Å². The summed E-state index contributed by atoms with van der Waals surface area (Å²) in [6.45, 7) is 2.72. The van der Waals surface area contributed by atoms with E-state index in [1.54, 1.807) is 4.31 Å². The highest BCUT2D eigenvalue weighted by Gasteiger charge is 2.27. The molecule has 0 spiro atoms. The summed E-state index contributed by atoms with van der Waals surface area (Å²) >= 11 is 0. The van der Waals surface area contributed by atoms with Crippen molar-refractivity contribution in [3.05, 3.63) is 24.0 Å². The summed E-state index contributed by atoms with van der Waals surface area (Å²) in [6.07, 6.45) is 4.57. The van der Waals surface area contributed by atoms with Gasteiger partial charge in [0.15, 0.2) is 0 Å². The fourth-order valence-corrected chi connectivity index (χ4v) is 3.38. The van der Waals surface area contributed by atoms with Crippen LogP contribution in [-0.2, 0) is 16.6 Å². The average Bonchev–Trinajstić information content (AvgIpc) is 2.83. The van der Waals surface area contributed by atoms with Gasteiger partial charge in [-0.25, -0.2) is 12.7 Å². The third-order valence-corrected chi connectivity index (χ3v) is 4.69. The van der Waals surface area contributed by atoms with E-state index in [9.17, 15) is 8.42 Å². The number of aromatic nitrogens is 1. The molecular formula is C10H17N3O2S. The molecule has 0 aromatic carbocycles. The van der Waals surface area contributed by atoms with E-state index in [-0.39, 0.29) is 0 Å². The van der Waals surface area contributed by atoms with Gasteiger partial charge in [-0.15, -0.1) is 0 Å². The van der Waals surface area contributed by atoms with Crippen LogP contribution in [0.1, 0.15) is 12.0 Å². The predicted octanol–water partition coefficient (Wildman–Crippen LogP) is 0.140. The van der Waals surface area contributed by atoms with Gasteiger partial charge in [-0.3, -0.25) is 0 Å². The van der Waals surface area contributed by atoms with Gasteiger partial charge >= 0.3 is 0 Å². The lowest BCUT2D eigenvalue weighted by Crippen LogP contribution is -2.33.